The summed E-state index contributed by atoms with van der Waals surface area (Å²) in [5, 5.41) is 4.07. The predicted molar refractivity (Wildman–Crippen MR) is 76.6 cm³/mol. The highest BCUT2D eigenvalue weighted by Crippen LogP contribution is 2.26. The molecule has 5 nitrogen and oxygen atoms in total. The lowest BCUT2D eigenvalue weighted by molar-refractivity contribution is 0.392. The van der Waals surface area contributed by atoms with E-state index in [-0.39, 0.29) is 5.75 Å². The van der Waals surface area contributed by atoms with E-state index in [0.717, 1.165) is 0 Å². The van der Waals surface area contributed by atoms with Crippen LogP contribution in [0.5, 0.6) is 0 Å². The number of hydrogen-bond donors (Lipinski definition) is 1. The molecule has 1 heterocycles. The fourth-order valence-corrected chi connectivity index (χ4v) is 2.97. The largest absolute Gasteiger partial charge is 0.361 e. The molecule has 102 valence electrons. The third-order valence-corrected chi connectivity index (χ3v) is 4.66. The number of benzene rings is 1. The zero-order valence-electron chi connectivity index (χ0n) is 9.85. The van der Waals surface area contributed by atoms with Crippen LogP contribution in [-0.2, 0) is 15.8 Å². The van der Waals surface area contributed by atoms with E-state index in [1.807, 2.05) is 0 Å². The first-order valence-corrected chi connectivity index (χ1v) is 8.06. The molecule has 0 saturated heterocycles. The van der Waals surface area contributed by atoms with Gasteiger partial charge in [0.1, 0.15) is 17.2 Å². The molecule has 0 aliphatic heterocycles. The van der Waals surface area contributed by atoms with Crippen molar-refractivity contribution >= 4 is 43.2 Å². The van der Waals surface area contributed by atoms with Crippen LogP contribution in [-0.4, -0.2) is 13.6 Å². The standard InChI is InChI=1S/C11H10BrClN2O3S/c1-7-4-9(14-18-7)6-19(16,17)15-8-2-3-10(12)11(13)5-8/h2-5,15H,6H2,1H3. The number of anilines is 1. The molecule has 0 aliphatic rings. The van der Waals surface area contributed by atoms with E-state index in [1.54, 1.807) is 25.1 Å². The monoisotopic (exact) mass is 364 g/mol. The van der Waals surface area contributed by atoms with E-state index in [4.69, 9.17) is 16.1 Å². The van der Waals surface area contributed by atoms with E-state index in [2.05, 4.69) is 25.8 Å². The Morgan fingerprint density at radius 3 is 2.74 bits per heavy atom. The van der Waals surface area contributed by atoms with Gasteiger partial charge in [0, 0.05) is 10.5 Å². The second-order valence-corrected chi connectivity index (χ2v) is 6.90. The van der Waals surface area contributed by atoms with Gasteiger partial charge in [-0.15, -0.1) is 0 Å². The van der Waals surface area contributed by atoms with E-state index < -0.39 is 10.0 Å². The Hall–Kier alpha value is -1.05. The van der Waals surface area contributed by atoms with Gasteiger partial charge in [-0.2, -0.15) is 0 Å². The molecule has 0 bridgehead atoms. The first-order chi connectivity index (χ1) is 8.85. The normalized spacial score (nSPS) is 11.5. The Bertz CT molecular complexity index is 700. The van der Waals surface area contributed by atoms with Gasteiger partial charge in [-0.05, 0) is 41.1 Å². The maximum absolute atomic E-state index is 11.9. The molecular formula is C11H10BrClN2O3S. The number of halogens is 2. The van der Waals surface area contributed by atoms with Crippen molar-refractivity contribution in [1.29, 1.82) is 0 Å². The van der Waals surface area contributed by atoms with Crippen molar-refractivity contribution in [3.05, 3.63) is 45.2 Å². The molecule has 0 atom stereocenters. The Labute approximate surface area is 124 Å². The number of aryl methyl sites for hydroxylation is 1. The van der Waals surface area contributed by atoms with Crippen LogP contribution in [0.15, 0.2) is 33.3 Å². The summed E-state index contributed by atoms with van der Waals surface area (Å²) in [6, 6.07) is 6.38. The average molecular weight is 366 g/mol. The molecule has 0 amide bonds. The van der Waals surface area contributed by atoms with Crippen LogP contribution in [0.3, 0.4) is 0 Å². The van der Waals surface area contributed by atoms with E-state index in [0.29, 0.717) is 26.6 Å². The van der Waals surface area contributed by atoms with Gasteiger partial charge >= 0.3 is 0 Å². The van der Waals surface area contributed by atoms with Crippen LogP contribution in [0.25, 0.3) is 0 Å². The summed E-state index contributed by atoms with van der Waals surface area (Å²) in [7, 11) is -3.55. The van der Waals surface area contributed by atoms with Crippen LogP contribution >= 0.6 is 27.5 Å². The molecular weight excluding hydrogens is 356 g/mol. The first kappa shape index (κ1) is 14.4. The fraction of sp³-hybridized carbons (Fsp3) is 0.182. The summed E-state index contributed by atoms with van der Waals surface area (Å²) in [6.45, 7) is 1.70. The minimum atomic E-state index is -3.55. The summed E-state index contributed by atoms with van der Waals surface area (Å²) in [4.78, 5) is 0. The highest BCUT2D eigenvalue weighted by Gasteiger charge is 2.15. The van der Waals surface area contributed by atoms with Gasteiger partial charge in [0.15, 0.2) is 0 Å². The molecule has 0 spiro atoms. The first-order valence-electron chi connectivity index (χ1n) is 5.23. The lowest BCUT2D eigenvalue weighted by Crippen LogP contribution is -2.15. The number of aromatic nitrogens is 1. The molecule has 0 saturated carbocycles. The molecule has 19 heavy (non-hydrogen) atoms. The Kier molecular flexibility index (Phi) is 4.17. The number of nitrogens with one attached hydrogen (secondary N) is 1. The fourth-order valence-electron chi connectivity index (χ4n) is 1.46. The van der Waals surface area contributed by atoms with E-state index in [9.17, 15) is 8.42 Å². The molecule has 0 aliphatic carbocycles. The van der Waals surface area contributed by atoms with Crippen LogP contribution in [0.4, 0.5) is 5.69 Å². The highest BCUT2D eigenvalue weighted by atomic mass is 79.9. The van der Waals surface area contributed by atoms with Gasteiger partial charge < -0.3 is 4.52 Å². The number of sulfonamides is 1. The summed E-state index contributed by atoms with van der Waals surface area (Å²) in [5.41, 5.74) is 0.752. The van der Waals surface area contributed by atoms with Gasteiger partial charge in [-0.1, -0.05) is 16.8 Å². The van der Waals surface area contributed by atoms with Crippen molar-refractivity contribution in [3.63, 3.8) is 0 Å². The van der Waals surface area contributed by atoms with Crippen LogP contribution < -0.4 is 4.72 Å². The quantitative estimate of drug-likeness (QED) is 0.902. The van der Waals surface area contributed by atoms with Crippen LogP contribution in [0.1, 0.15) is 11.5 Å². The summed E-state index contributed by atoms with van der Waals surface area (Å²) < 4.78 is 31.8. The molecule has 0 radical (unpaired) electrons. The van der Waals surface area contributed by atoms with Crippen LogP contribution in [0.2, 0.25) is 5.02 Å². The molecule has 8 heteroatoms. The van der Waals surface area contributed by atoms with Gasteiger partial charge in [-0.25, -0.2) is 8.42 Å². The summed E-state index contributed by atoms with van der Waals surface area (Å²) in [6.07, 6.45) is 0. The lowest BCUT2D eigenvalue weighted by atomic mass is 10.3. The second-order valence-electron chi connectivity index (χ2n) is 3.92. The van der Waals surface area contributed by atoms with E-state index >= 15 is 0 Å². The van der Waals surface area contributed by atoms with Crippen molar-refractivity contribution in [2.45, 2.75) is 12.7 Å². The minimum absolute atomic E-state index is 0.252. The Morgan fingerprint density at radius 2 is 2.16 bits per heavy atom. The topological polar surface area (TPSA) is 72.2 Å². The maximum atomic E-state index is 11.9. The van der Waals surface area contributed by atoms with Gasteiger partial charge in [0.2, 0.25) is 10.0 Å². The molecule has 0 unspecified atom stereocenters. The summed E-state index contributed by atoms with van der Waals surface area (Å²) >= 11 is 9.13. The van der Waals surface area contributed by atoms with Gasteiger partial charge in [0.05, 0.1) is 10.7 Å². The molecule has 1 aromatic heterocycles. The third kappa shape index (κ3) is 3.95. The van der Waals surface area contributed by atoms with Crippen molar-refractivity contribution in [2.24, 2.45) is 0 Å². The maximum Gasteiger partial charge on any atom is 0.238 e. The molecule has 2 rings (SSSR count). The smallest absolute Gasteiger partial charge is 0.238 e. The van der Waals surface area contributed by atoms with E-state index in [1.165, 1.54) is 6.07 Å². The Morgan fingerprint density at radius 1 is 1.42 bits per heavy atom. The molecule has 1 aromatic carbocycles. The highest BCUT2D eigenvalue weighted by molar-refractivity contribution is 9.10. The van der Waals surface area contributed by atoms with Crippen molar-refractivity contribution < 1.29 is 12.9 Å². The predicted octanol–water partition coefficient (Wildman–Crippen LogP) is 3.34. The SMILES string of the molecule is Cc1cc(CS(=O)(=O)Nc2ccc(Br)c(Cl)c2)no1. The number of hydrogen-bond acceptors (Lipinski definition) is 4. The average Bonchev–Trinajstić information content (AvgIpc) is 2.68. The van der Waals surface area contributed by atoms with Crippen molar-refractivity contribution in [3.8, 4) is 0 Å². The Balaban J connectivity index is 2.14. The number of nitrogens with zero attached hydrogens (tertiary/aromatic N) is 1. The van der Waals surface area contributed by atoms with Gasteiger partial charge in [0.25, 0.3) is 0 Å². The van der Waals surface area contributed by atoms with Crippen LogP contribution in [0, 0.1) is 6.92 Å². The summed E-state index contributed by atoms with van der Waals surface area (Å²) in [5.74, 6) is 0.315. The molecule has 1 N–H and O–H groups in total. The lowest BCUT2D eigenvalue weighted by Gasteiger charge is -2.07. The molecule has 0 fully saturated rings. The molecule has 2 aromatic rings. The van der Waals surface area contributed by atoms with Crippen molar-refractivity contribution in [1.82, 2.24) is 5.16 Å². The third-order valence-electron chi connectivity index (χ3n) is 2.21. The second kappa shape index (κ2) is 5.52. The zero-order valence-corrected chi connectivity index (χ0v) is 13.0. The minimum Gasteiger partial charge on any atom is -0.361 e. The van der Waals surface area contributed by atoms with Gasteiger partial charge in [-0.3, -0.25) is 4.72 Å². The number of rotatable bonds is 4. The van der Waals surface area contributed by atoms with Crippen molar-refractivity contribution in [2.75, 3.05) is 4.72 Å². The zero-order chi connectivity index (χ0) is 14.0.